The van der Waals surface area contributed by atoms with Crippen LogP contribution in [0.25, 0.3) is 0 Å². The van der Waals surface area contributed by atoms with Crippen LogP contribution in [0.2, 0.25) is 0 Å². The number of nitrogens with zero attached hydrogens (tertiary/aromatic N) is 4. The van der Waals surface area contributed by atoms with E-state index in [9.17, 15) is 0 Å². The Hall–Kier alpha value is -1.28. The van der Waals surface area contributed by atoms with Crippen molar-refractivity contribution < 1.29 is 9.47 Å². The van der Waals surface area contributed by atoms with Gasteiger partial charge in [0.1, 0.15) is 5.01 Å². The molecule has 1 saturated heterocycles. The standard InChI is InChI=1S/C17H24N4O2S/c1-20-12-18-8-14(20)9-21-5-6-23-17-13(2-3-15(17)21)10-22-11-16-19-4-7-24-16/h4,7-8,12-13,15,17H,2-3,5-6,9-11H2,1H3/t13-,15+,17+/m0/s1. The average molecular weight is 348 g/mol. The van der Waals surface area contributed by atoms with E-state index in [0.717, 1.165) is 31.3 Å². The molecule has 0 unspecified atom stereocenters. The highest BCUT2D eigenvalue weighted by atomic mass is 32.1. The summed E-state index contributed by atoms with van der Waals surface area (Å²) in [5.74, 6) is 0.490. The quantitative estimate of drug-likeness (QED) is 0.800. The maximum absolute atomic E-state index is 6.12. The second-order valence-corrected chi connectivity index (χ2v) is 7.63. The molecule has 0 radical (unpaired) electrons. The summed E-state index contributed by atoms with van der Waals surface area (Å²) < 4.78 is 14.1. The molecule has 130 valence electrons. The van der Waals surface area contributed by atoms with Crippen molar-refractivity contribution in [2.75, 3.05) is 19.8 Å². The third kappa shape index (κ3) is 3.39. The molecule has 2 aromatic heterocycles. The van der Waals surface area contributed by atoms with Gasteiger partial charge in [-0.15, -0.1) is 11.3 Å². The Balaban J connectivity index is 1.33. The number of morpholine rings is 1. The number of imidazole rings is 1. The van der Waals surface area contributed by atoms with Crippen molar-refractivity contribution >= 4 is 11.3 Å². The van der Waals surface area contributed by atoms with E-state index in [-0.39, 0.29) is 0 Å². The Morgan fingerprint density at radius 3 is 3.17 bits per heavy atom. The van der Waals surface area contributed by atoms with Gasteiger partial charge < -0.3 is 14.0 Å². The summed E-state index contributed by atoms with van der Waals surface area (Å²) in [6.45, 7) is 4.14. The number of aromatic nitrogens is 3. The maximum atomic E-state index is 6.12. The summed E-state index contributed by atoms with van der Waals surface area (Å²) in [5.41, 5.74) is 1.26. The van der Waals surface area contributed by atoms with Gasteiger partial charge in [-0.3, -0.25) is 4.90 Å². The van der Waals surface area contributed by atoms with Crippen molar-refractivity contribution in [3.8, 4) is 0 Å². The van der Waals surface area contributed by atoms with Crippen LogP contribution in [0.4, 0.5) is 0 Å². The van der Waals surface area contributed by atoms with Crippen LogP contribution in [0.5, 0.6) is 0 Å². The van der Waals surface area contributed by atoms with Crippen LogP contribution in [0.15, 0.2) is 24.1 Å². The first kappa shape index (κ1) is 16.2. The highest BCUT2D eigenvalue weighted by molar-refractivity contribution is 7.09. The van der Waals surface area contributed by atoms with Gasteiger partial charge in [0.05, 0.1) is 37.9 Å². The lowest BCUT2D eigenvalue weighted by molar-refractivity contribution is -0.0895. The SMILES string of the molecule is Cn1cncc1CN1CCO[C@@H]2[C@H](COCc3nccs3)CC[C@H]21. The summed E-state index contributed by atoms with van der Waals surface area (Å²) in [6, 6.07) is 0.502. The Labute approximate surface area is 146 Å². The Bertz CT molecular complexity index is 645. The van der Waals surface area contributed by atoms with E-state index in [2.05, 4.69) is 26.5 Å². The van der Waals surface area contributed by atoms with Gasteiger partial charge in [-0.25, -0.2) is 9.97 Å². The molecule has 1 aliphatic heterocycles. The molecule has 2 fully saturated rings. The van der Waals surface area contributed by atoms with Crippen molar-refractivity contribution in [3.05, 3.63) is 34.8 Å². The lowest BCUT2D eigenvalue weighted by Crippen LogP contribution is -2.50. The van der Waals surface area contributed by atoms with E-state index in [0.29, 0.717) is 24.7 Å². The van der Waals surface area contributed by atoms with Gasteiger partial charge in [0.15, 0.2) is 0 Å². The molecule has 4 rings (SSSR count). The molecule has 1 aliphatic carbocycles. The number of hydrogen-bond donors (Lipinski definition) is 0. The fourth-order valence-corrected chi connectivity index (χ4v) is 4.43. The predicted octanol–water partition coefficient (Wildman–Crippen LogP) is 2.07. The predicted molar refractivity (Wildman–Crippen MR) is 91.6 cm³/mol. The first-order valence-corrected chi connectivity index (χ1v) is 9.46. The third-order valence-electron chi connectivity index (χ3n) is 5.16. The summed E-state index contributed by atoms with van der Waals surface area (Å²) >= 11 is 1.65. The molecule has 0 bridgehead atoms. The third-order valence-corrected chi connectivity index (χ3v) is 5.91. The number of hydrogen-bond acceptors (Lipinski definition) is 6. The zero-order valence-electron chi connectivity index (χ0n) is 14.0. The molecule has 0 aromatic carbocycles. The molecular formula is C17H24N4O2S. The summed E-state index contributed by atoms with van der Waals surface area (Å²) in [5, 5.41) is 3.04. The van der Waals surface area contributed by atoms with Gasteiger partial charge in [-0.1, -0.05) is 0 Å². The molecule has 1 saturated carbocycles. The minimum absolute atomic E-state index is 0.295. The Kier molecular flexibility index (Phi) is 4.93. The van der Waals surface area contributed by atoms with Gasteiger partial charge in [-0.2, -0.15) is 0 Å². The lowest BCUT2D eigenvalue weighted by atomic mass is 10.0. The van der Waals surface area contributed by atoms with E-state index >= 15 is 0 Å². The molecule has 2 aliphatic rings. The van der Waals surface area contributed by atoms with Crippen molar-refractivity contribution in [3.63, 3.8) is 0 Å². The minimum Gasteiger partial charge on any atom is -0.375 e. The van der Waals surface area contributed by atoms with E-state index < -0.39 is 0 Å². The van der Waals surface area contributed by atoms with Crippen molar-refractivity contribution in [2.45, 2.75) is 38.1 Å². The minimum atomic E-state index is 0.295. The zero-order chi connectivity index (χ0) is 16.4. The molecule has 3 heterocycles. The zero-order valence-corrected chi connectivity index (χ0v) is 14.8. The largest absolute Gasteiger partial charge is 0.375 e. The van der Waals surface area contributed by atoms with Gasteiger partial charge in [0.2, 0.25) is 0 Å². The highest BCUT2D eigenvalue weighted by Crippen LogP contribution is 2.35. The van der Waals surface area contributed by atoms with Crippen LogP contribution in [-0.4, -0.2) is 51.3 Å². The van der Waals surface area contributed by atoms with Gasteiger partial charge >= 0.3 is 0 Å². The van der Waals surface area contributed by atoms with Crippen LogP contribution in [-0.2, 0) is 29.7 Å². The molecule has 7 heteroatoms. The van der Waals surface area contributed by atoms with Crippen LogP contribution < -0.4 is 0 Å². The fourth-order valence-electron chi connectivity index (χ4n) is 3.88. The number of rotatable bonds is 6. The van der Waals surface area contributed by atoms with E-state index in [1.54, 1.807) is 11.3 Å². The summed E-state index contributed by atoms with van der Waals surface area (Å²) in [4.78, 5) is 11.1. The van der Waals surface area contributed by atoms with Crippen LogP contribution in [0.1, 0.15) is 23.5 Å². The second-order valence-electron chi connectivity index (χ2n) is 6.65. The Morgan fingerprint density at radius 2 is 2.38 bits per heavy atom. The summed E-state index contributed by atoms with van der Waals surface area (Å²) in [6.07, 6.45) is 8.33. The molecule has 0 spiro atoms. The topological polar surface area (TPSA) is 52.4 Å². The van der Waals surface area contributed by atoms with E-state index in [4.69, 9.17) is 9.47 Å². The maximum Gasteiger partial charge on any atom is 0.118 e. The average Bonchev–Trinajstić information content (AvgIpc) is 3.31. The molecule has 0 amide bonds. The molecular weight excluding hydrogens is 324 g/mol. The van der Waals surface area contributed by atoms with Crippen LogP contribution >= 0.6 is 11.3 Å². The van der Waals surface area contributed by atoms with Gasteiger partial charge in [-0.05, 0) is 12.8 Å². The molecule has 0 N–H and O–H groups in total. The number of thiazole rings is 1. The van der Waals surface area contributed by atoms with Crippen molar-refractivity contribution in [2.24, 2.45) is 13.0 Å². The normalized spacial score (nSPS) is 27.5. The van der Waals surface area contributed by atoms with Crippen molar-refractivity contribution in [1.29, 1.82) is 0 Å². The molecule has 3 atom stereocenters. The Morgan fingerprint density at radius 1 is 1.42 bits per heavy atom. The smallest absolute Gasteiger partial charge is 0.118 e. The monoisotopic (exact) mass is 348 g/mol. The fraction of sp³-hybridized carbons (Fsp3) is 0.647. The summed E-state index contributed by atoms with van der Waals surface area (Å²) in [7, 11) is 2.06. The van der Waals surface area contributed by atoms with Gasteiger partial charge in [0.25, 0.3) is 0 Å². The number of aryl methyl sites for hydroxylation is 1. The highest BCUT2D eigenvalue weighted by Gasteiger charge is 2.42. The first-order chi connectivity index (χ1) is 11.8. The van der Waals surface area contributed by atoms with Crippen LogP contribution in [0.3, 0.4) is 0 Å². The van der Waals surface area contributed by atoms with E-state index in [1.165, 1.54) is 18.5 Å². The molecule has 24 heavy (non-hydrogen) atoms. The number of ether oxygens (including phenoxy) is 2. The van der Waals surface area contributed by atoms with Crippen molar-refractivity contribution in [1.82, 2.24) is 19.4 Å². The van der Waals surface area contributed by atoms with Crippen LogP contribution in [0, 0.1) is 5.92 Å². The first-order valence-electron chi connectivity index (χ1n) is 8.58. The second kappa shape index (κ2) is 7.31. The number of fused-ring (bicyclic) bond motifs is 1. The molecule has 2 aromatic rings. The molecule has 6 nitrogen and oxygen atoms in total. The van der Waals surface area contributed by atoms with E-state index in [1.807, 2.05) is 24.1 Å². The van der Waals surface area contributed by atoms with Gasteiger partial charge in [0, 0.05) is 49.9 Å². The lowest BCUT2D eigenvalue weighted by Gasteiger charge is -2.39.